The zero-order valence-electron chi connectivity index (χ0n) is 15.7. The van der Waals surface area contributed by atoms with Crippen LogP contribution in [0.5, 0.6) is 0 Å². The molecule has 0 radical (unpaired) electrons. The lowest BCUT2D eigenvalue weighted by molar-refractivity contribution is -0.0752. The molecular formula is C22H28N2O3. The van der Waals surface area contributed by atoms with Crippen molar-refractivity contribution in [1.29, 1.82) is 0 Å². The molecule has 5 nitrogen and oxygen atoms in total. The molecule has 2 aromatic rings. The van der Waals surface area contributed by atoms with Crippen molar-refractivity contribution in [3.05, 3.63) is 60.1 Å². The maximum absolute atomic E-state index is 12.0. The van der Waals surface area contributed by atoms with Gasteiger partial charge in [0.15, 0.2) is 5.76 Å². The third-order valence-electron chi connectivity index (χ3n) is 5.90. The molecule has 2 fully saturated rings. The van der Waals surface area contributed by atoms with Gasteiger partial charge in [0.05, 0.1) is 18.0 Å². The summed E-state index contributed by atoms with van der Waals surface area (Å²) in [6.07, 6.45) is 7.02. The second kappa shape index (κ2) is 8.28. The average Bonchev–Trinajstić information content (AvgIpc) is 3.38. The summed E-state index contributed by atoms with van der Waals surface area (Å²) < 4.78 is 11.5. The Kier molecular flexibility index (Phi) is 5.60. The zero-order chi connectivity index (χ0) is 18.5. The Labute approximate surface area is 160 Å². The number of hydrogen-bond donors (Lipinski definition) is 1. The van der Waals surface area contributed by atoms with Crippen molar-refractivity contribution in [2.45, 2.75) is 43.8 Å². The largest absolute Gasteiger partial charge is 0.459 e. The van der Waals surface area contributed by atoms with E-state index in [0.29, 0.717) is 12.3 Å². The van der Waals surface area contributed by atoms with Crippen molar-refractivity contribution >= 4 is 5.91 Å². The second-order valence-corrected chi connectivity index (χ2v) is 7.73. The van der Waals surface area contributed by atoms with Gasteiger partial charge in [-0.3, -0.25) is 4.79 Å². The number of nitrogens with zero attached hydrogens (tertiary/aromatic N) is 1. The lowest BCUT2D eigenvalue weighted by Crippen LogP contribution is -2.45. The fraction of sp³-hybridized carbons (Fsp3) is 0.500. The standard InChI is InChI=1S/C22H28N2O3/c25-21(20-7-4-16-26-20)23-17-19-8-10-22(27-19)11-14-24(15-12-22)13-9-18-5-2-1-3-6-18/h1-7,16,19H,8-15,17H2,(H,23,25). The van der Waals surface area contributed by atoms with Gasteiger partial charge in [0, 0.05) is 26.2 Å². The summed E-state index contributed by atoms with van der Waals surface area (Å²) in [5.41, 5.74) is 1.42. The molecule has 1 N–H and O–H groups in total. The molecule has 2 aliphatic rings. The molecule has 5 heteroatoms. The molecule has 27 heavy (non-hydrogen) atoms. The van der Waals surface area contributed by atoms with Gasteiger partial charge >= 0.3 is 0 Å². The summed E-state index contributed by atoms with van der Waals surface area (Å²) in [6.45, 7) is 3.86. The van der Waals surface area contributed by atoms with Crippen LogP contribution < -0.4 is 5.32 Å². The molecule has 1 aromatic carbocycles. The van der Waals surface area contributed by atoms with Crippen LogP contribution in [0.1, 0.15) is 41.8 Å². The zero-order valence-corrected chi connectivity index (χ0v) is 15.7. The predicted molar refractivity (Wildman–Crippen MR) is 104 cm³/mol. The number of furan rings is 1. The monoisotopic (exact) mass is 368 g/mol. The third kappa shape index (κ3) is 4.60. The van der Waals surface area contributed by atoms with E-state index in [9.17, 15) is 4.79 Å². The van der Waals surface area contributed by atoms with E-state index in [0.717, 1.165) is 51.7 Å². The number of hydrogen-bond acceptors (Lipinski definition) is 4. The van der Waals surface area contributed by atoms with Gasteiger partial charge in [0.1, 0.15) is 0 Å². The first kappa shape index (κ1) is 18.3. The van der Waals surface area contributed by atoms with Crippen molar-refractivity contribution in [1.82, 2.24) is 10.2 Å². The van der Waals surface area contributed by atoms with Crippen LogP contribution in [0, 0.1) is 0 Å². The molecule has 0 aliphatic carbocycles. The summed E-state index contributed by atoms with van der Waals surface area (Å²) >= 11 is 0. The number of amides is 1. The highest BCUT2D eigenvalue weighted by Crippen LogP contribution is 2.38. The van der Waals surface area contributed by atoms with Gasteiger partial charge in [-0.25, -0.2) is 0 Å². The Bertz CT molecular complexity index is 721. The quantitative estimate of drug-likeness (QED) is 0.850. The predicted octanol–water partition coefficient (Wildman–Crippen LogP) is 3.27. The Morgan fingerprint density at radius 1 is 1.11 bits per heavy atom. The number of benzene rings is 1. The van der Waals surface area contributed by atoms with Crippen molar-refractivity contribution in [3.63, 3.8) is 0 Å². The molecular weight excluding hydrogens is 340 g/mol. The molecule has 2 aliphatic heterocycles. The Balaban J connectivity index is 1.19. The van der Waals surface area contributed by atoms with Crippen LogP contribution in [0.2, 0.25) is 0 Å². The van der Waals surface area contributed by atoms with Crippen LogP contribution in [0.15, 0.2) is 53.1 Å². The van der Waals surface area contributed by atoms with Gasteiger partial charge in [-0.2, -0.15) is 0 Å². The van der Waals surface area contributed by atoms with Crippen molar-refractivity contribution < 1.29 is 13.9 Å². The molecule has 0 saturated carbocycles. The lowest BCUT2D eigenvalue weighted by atomic mass is 9.88. The van der Waals surface area contributed by atoms with Crippen LogP contribution in [0.3, 0.4) is 0 Å². The fourth-order valence-corrected chi connectivity index (χ4v) is 4.22. The Hall–Kier alpha value is -2.11. The van der Waals surface area contributed by atoms with Gasteiger partial charge in [-0.05, 0) is 49.8 Å². The summed E-state index contributed by atoms with van der Waals surface area (Å²) in [7, 11) is 0. The minimum atomic E-state index is -0.166. The summed E-state index contributed by atoms with van der Waals surface area (Å²) in [5, 5.41) is 2.93. The van der Waals surface area contributed by atoms with Crippen LogP contribution in [0.25, 0.3) is 0 Å². The van der Waals surface area contributed by atoms with Crippen LogP contribution in [-0.2, 0) is 11.2 Å². The molecule has 1 spiro atoms. The molecule has 4 rings (SSSR count). The molecule has 1 unspecified atom stereocenters. The first-order valence-corrected chi connectivity index (χ1v) is 9.98. The minimum absolute atomic E-state index is 0.0172. The van der Waals surface area contributed by atoms with Gasteiger partial charge in [-0.15, -0.1) is 0 Å². The van der Waals surface area contributed by atoms with Crippen LogP contribution >= 0.6 is 0 Å². The molecule has 1 atom stereocenters. The molecule has 3 heterocycles. The SMILES string of the molecule is O=C(NCC1CCC2(CCN(CCc3ccccc3)CC2)O1)c1ccco1. The van der Waals surface area contributed by atoms with Crippen molar-refractivity contribution in [2.75, 3.05) is 26.2 Å². The normalized spacial score (nSPS) is 22.1. The summed E-state index contributed by atoms with van der Waals surface area (Å²) in [4.78, 5) is 14.5. The Morgan fingerprint density at radius 3 is 2.67 bits per heavy atom. The van der Waals surface area contributed by atoms with Crippen LogP contribution in [-0.4, -0.2) is 48.7 Å². The molecule has 1 aromatic heterocycles. The number of carbonyl (C=O) groups is 1. The highest BCUT2D eigenvalue weighted by Gasteiger charge is 2.42. The van der Waals surface area contributed by atoms with Crippen LogP contribution in [0.4, 0.5) is 0 Å². The summed E-state index contributed by atoms with van der Waals surface area (Å²) in [5.74, 6) is 0.190. The van der Waals surface area contributed by atoms with E-state index in [1.807, 2.05) is 0 Å². The number of carbonyl (C=O) groups excluding carboxylic acids is 1. The van der Waals surface area contributed by atoms with Crippen molar-refractivity contribution in [2.24, 2.45) is 0 Å². The van der Waals surface area contributed by atoms with E-state index in [4.69, 9.17) is 9.15 Å². The lowest BCUT2D eigenvalue weighted by Gasteiger charge is -2.39. The maximum Gasteiger partial charge on any atom is 0.287 e. The minimum Gasteiger partial charge on any atom is -0.459 e. The molecule has 1 amide bonds. The molecule has 0 bridgehead atoms. The van der Waals surface area contributed by atoms with Gasteiger partial charge in [0.2, 0.25) is 0 Å². The number of likely N-dealkylation sites (tertiary alicyclic amines) is 1. The molecule has 2 saturated heterocycles. The van der Waals surface area contributed by atoms with E-state index in [1.165, 1.54) is 11.8 Å². The average molecular weight is 368 g/mol. The number of rotatable bonds is 6. The van der Waals surface area contributed by atoms with E-state index in [1.54, 1.807) is 12.1 Å². The smallest absolute Gasteiger partial charge is 0.287 e. The van der Waals surface area contributed by atoms with Gasteiger partial charge in [-0.1, -0.05) is 30.3 Å². The topological polar surface area (TPSA) is 54.7 Å². The van der Waals surface area contributed by atoms with E-state index in [-0.39, 0.29) is 17.6 Å². The van der Waals surface area contributed by atoms with Gasteiger partial charge < -0.3 is 19.4 Å². The first-order valence-electron chi connectivity index (χ1n) is 9.98. The number of ether oxygens (including phenoxy) is 1. The highest BCUT2D eigenvalue weighted by molar-refractivity contribution is 5.91. The Morgan fingerprint density at radius 2 is 1.93 bits per heavy atom. The fourth-order valence-electron chi connectivity index (χ4n) is 4.22. The first-order chi connectivity index (χ1) is 13.2. The van der Waals surface area contributed by atoms with E-state index < -0.39 is 0 Å². The van der Waals surface area contributed by atoms with Gasteiger partial charge in [0.25, 0.3) is 5.91 Å². The van der Waals surface area contributed by atoms with E-state index >= 15 is 0 Å². The molecule has 144 valence electrons. The number of nitrogens with one attached hydrogen (secondary N) is 1. The van der Waals surface area contributed by atoms with Crippen molar-refractivity contribution in [3.8, 4) is 0 Å². The van der Waals surface area contributed by atoms with E-state index in [2.05, 4.69) is 40.5 Å². The summed E-state index contributed by atoms with van der Waals surface area (Å²) in [6, 6.07) is 14.1. The highest BCUT2D eigenvalue weighted by atomic mass is 16.5. The number of piperidine rings is 1. The third-order valence-corrected chi connectivity index (χ3v) is 5.90. The maximum atomic E-state index is 12.0. The second-order valence-electron chi connectivity index (χ2n) is 7.73.